The highest BCUT2D eigenvalue weighted by atomic mass is 79.9. The number of amides is 1. The fourth-order valence-electron chi connectivity index (χ4n) is 4.17. The molecule has 3 heterocycles. The van der Waals surface area contributed by atoms with Gasteiger partial charge in [-0.15, -0.1) is 0 Å². The summed E-state index contributed by atoms with van der Waals surface area (Å²) in [4.78, 5) is 29.5. The normalized spacial score (nSPS) is 15.2. The molecule has 1 N–H and O–H groups in total. The Morgan fingerprint density at radius 2 is 1.89 bits per heavy atom. The minimum absolute atomic E-state index is 0.154. The standard InChI is InChI=1S/C25H25BrN6O2S/c1-16(18-6-8-19(26)9-7-18)31-10-12-32(13-11-31)22-14-23(28-15-27-22)34-20-4-3-5-21-24(20)30-25(35-21)29-17(2)33/h3-9,14-16H,10-13H2,1-2H3,(H,29,30,33)/t16-/m0/s1. The number of hydrogen-bond donors (Lipinski definition) is 1. The maximum atomic E-state index is 11.4. The van der Waals surface area contributed by atoms with E-state index in [2.05, 4.69) is 77.2 Å². The van der Waals surface area contributed by atoms with E-state index in [9.17, 15) is 4.79 Å². The van der Waals surface area contributed by atoms with Crippen LogP contribution in [-0.2, 0) is 4.79 Å². The molecule has 2 aromatic carbocycles. The van der Waals surface area contributed by atoms with Crippen molar-refractivity contribution in [3.05, 3.63) is 64.9 Å². The molecule has 1 atom stereocenters. The smallest absolute Gasteiger partial charge is 0.224 e. The fourth-order valence-corrected chi connectivity index (χ4v) is 5.37. The Morgan fingerprint density at radius 1 is 1.11 bits per heavy atom. The van der Waals surface area contributed by atoms with E-state index in [4.69, 9.17) is 4.74 Å². The van der Waals surface area contributed by atoms with Gasteiger partial charge < -0.3 is 15.0 Å². The number of carbonyl (C=O) groups excluding carboxylic acids is 1. The Morgan fingerprint density at radius 3 is 2.63 bits per heavy atom. The quantitative estimate of drug-likeness (QED) is 0.339. The van der Waals surface area contributed by atoms with Gasteiger partial charge >= 0.3 is 0 Å². The highest BCUT2D eigenvalue weighted by Gasteiger charge is 2.23. The van der Waals surface area contributed by atoms with E-state index in [1.165, 1.54) is 30.2 Å². The van der Waals surface area contributed by atoms with E-state index >= 15 is 0 Å². The van der Waals surface area contributed by atoms with Gasteiger partial charge in [-0.2, -0.15) is 0 Å². The minimum atomic E-state index is -0.154. The van der Waals surface area contributed by atoms with Crippen LogP contribution in [0.3, 0.4) is 0 Å². The van der Waals surface area contributed by atoms with Gasteiger partial charge in [0.25, 0.3) is 0 Å². The summed E-state index contributed by atoms with van der Waals surface area (Å²) in [5.74, 6) is 1.74. The zero-order valence-electron chi connectivity index (χ0n) is 19.4. The average molecular weight is 553 g/mol. The van der Waals surface area contributed by atoms with Gasteiger partial charge in [-0.05, 0) is 36.8 Å². The van der Waals surface area contributed by atoms with Crippen LogP contribution in [0, 0.1) is 0 Å². The lowest BCUT2D eigenvalue weighted by atomic mass is 10.1. The number of piperazine rings is 1. The molecule has 0 radical (unpaired) electrons. The van der Waals surface area contributed by atoms with Gasteiger partial charge in [0.05, 0.1) is 4.70 Å². The summed E-state index contributed by atoms with van der Waals surface area (Å²) in [6.45, 7) is 7.36. The van der Waals surface area contributed by atoms with E-state index < -0.39 is 0 Å². The first-order chi connectivity index (χ1) is 17.0. The lowest BCUT2D eigenvalue weighted by molar-refractivity contribution is -0.114. The predicted octanol–water partition coefficient (Wildman–Crippen LogP) is 5.48. The van der Waals surface area contributed by atoms with Gasteiger partial charge in [0.2, 0.25) is 11.8 Å². The molecule has 0 aliphatic carbocycles. The second kappa shape index (κ2) is 10.3. The van der Waals surface area contributed by atoms with Gasteiger partial charge in [0.1, 0.15) is 17.7 Å². The number of benzene rings is 2. The van der Waals surface area contributed by atoms with Crippen LogP contribution in [0.25, 0.3) is 10.2 Å². The van der Waals surface area contributed by atoms with Crippen molar-refractivity contribution in [2.75, 3.05) is 36.4 Å². The molecule has 2 aromatic heterocycles. The molecule has 180 valence electrons. The van der Waals surface area contributed by atoms with E-state index in [0.717, 1.165) is 41.2 Å². The number of hydrogen-bond acceptors (Lipinski definition) is 8. The Balaban J connectivity index is 1.27. The minimum Gasteiger partial charge on any atom is -0.437 e. The highest BCUT2D eigenvalue weighted by Crippen LogP contribution is 2.35. The molecule has 4 aromatic rings. The Kier molecular flexibility index (Phi) is 6.94. The number of anilines is 2. The van der Waals surface area contributed by atoms with Gasteiger partial charge in [-0.25, -0.2) is 15.0 Å². The molecule has 35 heavy (non-hydrogen) atoms. The van der Waals surface area contributed by atoms with Crippen molar-refractivity contribution >= 4 is 54.3 Å². The monoisotopic (exact) mass is 552 g/mol. The molecule has 5 rings (SSSR count). The molecule has 1 fully saturated rings. The zero-order valence-corrected chi connectivity index (χ0v) is 21.8. The molecular formula is C25H25BrN6O2S. The van der Waals surface area contributed by atoms with Crippen LogP contribution in [0.1, 0.15) is 25.5 Å². The number of halogens is 1. The van der Waals surface area contributed by atoms with Gasteiger partial charge in [0.15, 0.2) is 10.9 Å². The van der Waals surface area contributed by atoms with Crippen molar-refractivity contribution < 1.29 is 9.53 Å². The third kappa shape index (κ3) is 5.44. The number of nitrogens with one attached hydrogen (secondary N) is 1. The van der Waals surface area contributed by atoms with Crippen LogP contribution < -0.4 is 15.0 Å². The average Bonchev–Trinajstić information content (AvgIpc) is 3.27. The van der Waals surface area contributed by atoms with Crippen LogP contribution in [-0.4, -0.2) is 51.9 Å². The maximum absolute atomic E-state index is 11.4. The zero-order chi connectivity index (χ0) is 24.4. The molecule has 0 spiro atoms. The number of thiazole rings is 1. The van der Waals surface area contributed by atoms with Crippen LogP contribution in [0.5, 0.6) is 11.6 Å². The second-order valence-electron chi connectivity index (χ2n) is 8.37. The van der Waals surface area contributed by atoms with Crippen molar-refractivity contribution in [2.45, 2.75) is 19.9 Å². The lowest BCUT2D eigenvalue weighted by Gasteiger charge is -2.38. The first-order valence-electron chi connectivity index (χ1n) is 11.4. The van der Waals surface area contributed by atoms with Crippen LogP contribution in [0.15, 0.2) is 59.3 Å². The Hall–Kier alpha value is -3.08. The molecular weight excluding hydrogens is 528 g/mol. The summed E-state index contributed by atoms with van der Waals surface area (Å²) < 4.78 is 8.13. The molecule has 0 saturated carbocycles. The first-order valence-corrected chi connectivity index (χ1v) is 13.0. The number of fused-ring (bicyclic) bond motifs is 1. The van der Waals surface area contributed by atoms with E-state index in [-0.39, 0.29) is 5.91 Å². The van der Waals surface area contributed by atoms with Crippen molar-refractivity contribution in [3.8, 4) is 11.6 Å². The molecule has 1 aliphatic rings. The number of nitrogens with zero attached hydrogens (tertiary/aromatic N) is 5. The number of para-hydroxylation sites is 1. The van der Waals surface area contributed by atoms with Crippen molar-refractivity contribution in [1.82, 2.24) is 19.9 Å². The largest absolute Gasteiger partial charge is 0.437 e. The first kappa shape index (κ1) is 23.7. The van der Waals surface area contributed by atoms with Crippen molar-refractivity contribution in [1.29, 1.82) is 0 Å². The van der Waals surface area contributed by atoms with Crippen LogP contribution in [0.4, 0.5) is 10.9 Å². The third-order valence-electron chi connectivity index (χ3n) is 6.05. The molecule has 0 bridgehead atoms. The van der Waals surface area contributed by atoms with Gasteiger partial charge in [-0.3, -0.25) is 9.69 Å². The summed E-state index contributed by atoms with van der Waals surface area (Å²) >= 11 is 4.92. The summed E-state index contributed by atoms with van der Waals surface area (Å²) in [6.07, 6.45) is 1.53. The van der Waals surface area contributed by atoms with E-state index in [0.29, 0.717) is 28.3 Å². The molecule has 8 nitrogen and oxygen atoms in total. The topological polar surface area (TPSA) is 83.5 Å². The number of ether oxygens (including phenoxy) is 1. The van der Waals surface area contributed by atoms with Crippen LogP contribution >= 0.6 is 27.3 Å². The van der Waals surface area contributed by atoms with E-state index in [1.54, 1.807) is 0 Å². The van der Waals surface area contributed by atoms with Crippen molar-refractivity contribution in [2.24, 2.45) is 0 Å². The molecule has 10 heteroatoms. The third-order valence-corrected chi connectivity index (χ3v) is 7.51. The Bertz CT molecular complexity index is 1340. The highest BCUT2D eigenvalue weighted by molar-refractivity contribution is 9.10. The molecule has 1 aliphatic heterocycles. The number of rotatable bonds is 6. The summed E-state index contributed by atoms with van der Waals surface area (Å²) in [6, 6.07) is 16.5. The maximum Gasteiger partial charge on any atom is 0.224 e. The summed E-state index contributed by atoms with van der Waals surface area (Å²) in [5, 5.41) is 3.28. The Labute approximate surface area is 216 Å². The van der Waals surface area contributed by atoms with Gasteiger partial charge in [-0.1, -0.05) is 45.5 Å². The van der Waals surface area contributed by atoms with Gasteiger partial charge in [0, 0.05) is 49.7 Å². The summed E-state index contributed by atoms with van der Waals surface area (Å²) in [7, 11) is 0. The predicted molar refractivity (Wildman–Crippen MR) is 142 cm³/mol. The summed E-state index contributed by atoms with van der Waals surface area (Å²) in [5.41, 5.74) is 2.01. The van der Waals surface area contributed by atoms with Crippen LogP contribution in [0.2, 0.25) is 0 Å². The molecule has 0 unspecified atom stereocenters. The lowest BCUT2D eigenvalue weighted by Crippen LogP contribution is -2.47. The number of carbonyl (C=O) groups is 1. The molecule has 1 saturated heterocycles. The molecule has 1 amide bonds. The van der Waals surface area contributed by atoms with Crippen molar-refractivity contribution in [3.63, 3.8) is 0 Å². The fraction of sp³-hybridized carbons (Fsp3) is 0.280. The van der Waals surface area contributed by atoms with E-state index in [1.807, 2.05) is 24.3 Å². The second-order valence-corrected chi connectivity index (χ2v) is 10.3. The SMILES string of the molecule is CC(=O)Nc1nc2c(Oc3cc(N4CCN([C@@H](C)c5ccc(Br)cc5)CC4)ncn3)cccc2s1. The number of aromatic nitrogens is 3.